The molecule has 0 unspecified atom stereocenters. The van der Waals surface area contributed by atoms with Crippen molar-refractivity contribution in [1.82, 2.24) is 78.4 Å². The SMILES string of the molecule is CC(C)C[C@H](NC(=O)[C@H](Cc1ccccc1)NC(=O)[C@H](C)NC(=O)[C@H](C)NC(=O)[C@H](C)N)C(=O)N[C@H](C(=O)N[C@@H](Cc1cnc[nH]1)C(=O)N[C@@H](Cc1cnc[nH]1)C(=O)N[C@@H](CC(=O)O)C(=O)N[C@@H](C)C(=O)N[C@@H](CCC(N)=O)C(=O)N[C@@H](C)C(=O)O)[C@@H](C)O. The summed E-state index contributed by atoms with van der Waals surface area (Å²) in [6.07, 6.45) is 0.519. The van der Waals surface area contributed by atoms with Crippen molar-refractivity contribution in [1.29, 1.82) is 0 Å². The van der Waals surface area contributed by atoms with E-state index in [1.807, 2.05) is 0 Å². The van der Waals surface area contributed by atoms with Gasteiger partial charge in [0.25, 0.3) is 0 Å². The van der Waals surface area contributed by atoms with Crippen molar-refractivity contribution in [3.63, 3.8) is 0 Å². The van der Waals surface area contributed by atoms with Crippen LogP contribution in [0, 0.1) is 5.92 Å². The highest BCUT2D eigenvalue weighted by molar-refractivity contribution is 6.00. The van der Waals surface area contributed by atoms with E-state index < -0.39 is 181 Å². The van der Waals surface area contributed by atoms with Crippen LogP contribution in [-0.4, -0.2) is 197 Å². The minimum atomic E-state index is -1.96. The number of nitrogens with two attached hydrogens (primary N) is 2. The van der Waals surface area contributed by atoms with Gasteiger partial charge in [-0.05, 0) is 65.9 Å². The molecule has 0 aliphatic heterocycles. The molecular weight excluding hydrogens is 1170 g/mol. The average Bonchev–Trinajstić information content (AvgIpc) is 4.44. The lowest BCUT2D eigenvalue weighted by atomic mass is 10.00. The largest absolute Gasteiger partial charge is 0.481 e. The van der Waals surface area contributed by atoms with Gasteiger partial charge in [-0.25, -0.2) is 9.97 Å². The molecule has 3 aromatic rings. The van der Waals surface area contributed by atoms with Gasteiger partial charge in [-0.15, -0.1) is 0 Å². The number of rotatable bonds is 37. The fourth-order valence-corrected chi connectivity index (χ4v) is 8.25. The number of primary amides is 1. The maximum atomic E-state index is 14.5. The third-order valence-corrected chi connectivity index (χ3v) is 13.3. The highest BCUT2D eigenvalue weighted by Crippen LogP contribution is 2.12. The molecule has 2 heterocycles. The van der Waals surface area contributed by atoms with Crippen molar-refractivity contribution in [3.05, 3.63) is 72.3 Å². The van der Waals surface area contributed by atoms with E-state index in [0.29, 0.717) is 5.56 Å². The molecule has 488 valence electrons. The lowest BCUT2D eigenvalue weighted by Gasteiger charge is -2.29. The number of aliphatic carboxylic acids is 2. The van der Waals surface area contributed by atoms with Crippen molar-refractivity contribution in [2.45, 2.75) is 179 Å². The van der Waals surface area contributed by atoms with Crippen molar-refractivity contribution in [2.24, 2.45) is 17.4 Å². The molecule has 89 heavy (non-hydrogen) atoms. The maximum absolute atomic E-state index is 14.5. The van der Waals surface area contributed by atoms with Gasteiger partial charge in [-0.2, -0.15) is 0 Å². The number of benzene rings is 1. The van der Waals surface area contributed by atoms with Crippen molar-refractivity contribution in [2.75, 3.05) is 0 Å². The van der Waals surface area contributed by atoms with Crippen LogP contribution in [0.25, 0.3) is 0 Å². The number of nitrogens with zero attached hydrogens (tertiary/aromatic N) is 2. The Morgan fingerprint density at radius 3 is 1.31 bits per heavy atom. The van der Waals surface area contributed by atoms with E-state index in [0.717, 1.165) is 20.8 Å². The molecule has 0 aliphatic rings. The van der Waals surface area contributed by atoms with Crippen LogP contribution in [0.4, 0.5) is 0 Å². The number of hydrogen-bond acceptors (Lipinski definition) is 18. The molecule has 20 N–H and O–H groups in total. The van der Waals surface area contributed by atoms with E-state index in [2.05, 4.69) is 78.4 Å². The molecule has 0 radical (unpaired) electrons. The maximum Gasteiger partial charge on any atom is 0.325 e. The zero-order chi connectivity index (χ0) is 66.8. The van der Waals surface area contributed by atoms with Gasteiger partial charge in [0, 0.05) is 49.5 Å². The Morgan fingerprint density at radius 1 is 0.472 bits per heavy atom. The third kappa shape index (κ3) is 25.6. The fraction of sp³-hybridized carbons (Fsp3) is 0.527. The minimum Gasteiger partial charge on any atom is -0.481 e. The van der Waals surface area contributed by atoms with Crippen LogP contribution in [0.5, 0.6) is 0 Å². The Labute approximate surface area is 510 Å². The molecule has 2 aromatic heterocycles. The van der Waals surface area contributed by atoms with Gasteiger partial charge in [-0.1, -0.05) is 44.2 Å². The van der Waals surface area contributed by atoms with Crippen LogP contribution in [0.2, 0.25) is 0 Å². The predicted molar refractivity (Wildman–Crippen MR) is 312 cm³/mol. The van der Waals surface area contributed by atoms with Gasteiger partial charge in [0.1, 0.15) is 66.5 Å². The van der Waals surface area contributed by atoms with E-state index in [9.17, 15) is 82.4 Å². The van der Waals surface area contributed by atoms with Crippen molar-refractivity contribution >= 4 is 82.8 Å². The molecule has 0 saturated carbocycles. The topological polar surface area (TPSA) is 541 Å². The summed E-state index contributed by atoms with van der Waals surface area (Å²) >= 11 is 0. The van der Waals surface area contributed by atoms with E-state index in [-0.39, 0.29) is 43.0 Å². The smallest absolute Gasteiger partial charge is 0.325 e. The highest BCUT2D eigenvalue weighted by atomic mass is 16.4. The zero-order valence-electron chi connectivity index (χ0n) is 50.3. The summed E-state index contributed by atoms with van der Waals surface area (Å²) in [6, 6.07) is -9.31. The number of imidazole rings is 2. The zero-order valence-corrected chi connectivity index (χ0v) is 50.3. The number of aliphatic hydroxyl groups excluding tert-OH is 1. The minimum absolute atomic E-state index is 0.0552. The van der Waals surface area contributed by atoms with Crippen molar-refractivity contribution in [3.8, 4) is 0 Å². The number of carboxylic acids is 2. The number of aromatic amines is 2. The summed E-state index contributed by atoms with van der Waals surface area (Å²) < 4.78 is 0. The molecule has 12 amide bonds. The summed E-state index contributed by atoms with van der Waals surface area (Å²) in [5, 5.41) is 56.5. The Balaban J connectivity index is 1.89. The molecule has 0 bridgehead atoms. The van der Waals surface area contributed by atoms with Crippen molar-refractivity contribution < 1.29 is 82.4 Å². The van der Waals surface area contributed by atoms with Crippen LogP contribution in [0.1, 0.15) is 98.0 Å². The molecule has 0 fully saturated rings. The normalized spacial score (nSPS) is 15.4. The number of carbonyl (C=O) groups is 14. The number of H-pyrrole nitrogens is 2. The number of amides is 12. The van der Waals surface area contributed by atoms with Crippen LogP contribution in [0.3, 0.4) is 0 Å². The van der Waals surface area contributed by atoms with E-state index in [4.69, 9.17) is 11.5 Å². The first-order chi connectivity index (χ1) is 41.8. The van der Waals surface area contributed by atoms with Gasteiger partial charge >= 0.3 is 11.9 Å². The number of aromatic nitrogens is 4. The average molecular weight is 1250 g/mol. The van der Waals surface area contributed by atoms with E-state index in [1.54, 1.807) is 44.2 Å². The fourth-order valence-electron chi connectivity index (χ4n) is 8.25. The summed E-state index contributed by atoms with van der Waals surface area (Å²) in [6.45, 7) is 11.0. The van der Waals surface area contributed by atoms with E-state index >= 15 is 0 Å². The molecule has 34 heteroatoms. The Morgan fingerprint density at radius 2 is 0.865 bits per heavy atom. The van der Waals surface area contributed by atoms with E-state index in [1.165, 1.54) is 45.8 Å². The molecular formula is C55H81N17O17. The summed E-state index contributed by atoms with van der Waals surface area (Å²) in [7, 11) is 0. The first kappa shape index (κ1) is 73.4. The number of aliphatic hydroxyl groups is 1. The lowest BCUT2D eigenvalue weighted by Crippen LogP contribution is -2.62. The molecule has 34 nitrogen and oxygen atoms in total. The second-order valence-electron chi connectivity index (χ2n) is 21.6. The highest BCUT2D eigenvalue weighted by Gasteiger charge is 2.37. The van der Waals surface area contributed by atoms with Gasteiger partial charge in [0.2, 0.25) is 70.9 Å². The quantitative estimate of drug-likeness (QED) is 0.0256. The van der Waals surface area contributed by atoms with Crippen LogP contribution in [-0.2, 0) is 86.4 Å². The monoisotopic (exact) mass is 1250 g/mol. The van der Waals surface area contributed by atoms with Crippen LogP contribution in [0.15, 0.2) is 55.4 Å². The third-order valence-electron chi connectivity index (χ3n) is 13.3. The summed E-state index contributed by atoms with van der Waals surface area (Å²) in [4.78, 5) is 198. The predicted octanol–water partition coefficient (Wildman–Crippen LogP) is -5.83. The van der Waals surface area contributed by atoms with Crippen LogP contribution < -0.4 is 70.0 Å². The second-order valence-corrected chi connectivity index (χ2v) is 21.6. The molecule has 0 spiro atoms. The van der Waals surface area contributed by atoms with Crippen LogP contribution >= 0.6 is 0 Å². The first-order valence-corrected chi connectivity index (χ1v) is 28.3. The molecule has 0 saturated heterocycles. The molecule has 1 aromatic carbocycles. The number of carbonyl (C=O) groups excluding carboxylic acids is 12. The molecule has 0 aliphatic carbocycles. The Bertz CT molecular complexity index is 2940. The van der Waals surface area contributed by atoms with Gasteiger partial charge < -0.3 is 95.2 Å². The molecule has 3 rings (SSSR count). The summed E-state index contributed by atoms with van der Waals surface area (Å²) in [5.41, 5.74) is 11.9. The number of hydrogen-bond donors (Lipinski definition) is 18. The number of carboxylic acid groups (broad SMARTS) is 2. The number of nitrogens with one attached hydrogen (secondary N) is 13. The summed E-state index contributed by atoms with van der Waals surface area (Å²) in [5.74, 6) is -15.0. The van der Waals surface area contributed by atoms with Gasteiger partial charge in [-0.3, -0.25) is 67.1 Å². The second kappa shape index (κ2) is 35.7. The Kier molecular flexibility index (Phi) is 29.4. The Hall–Kier alpha value is -9.86. The van der Waals surface area contributed by atoms with Gasteiger partial charge in [0.15, 0.2) is 0 Å². The lowest BCUT2D eigenvalue weighted by molar-refractivity contribution is -0.142. The molecule has 13 atom stereocenters. The van der Waals surface area contributed by atoms with Gasteiger partial charge in [0.05, 0.1) is 31.2 Å². The standard InChI is InChI=1S/C55H81N17O17/c1-25(2)16-36(68-50(83)37(17-32-12-10-9-11-13-32)67-47(80)28(5)63-45(78)27(4)62-44(77)26(3)56)53(86)72-43(31(8)73)54(87)71-39(19-34-22-59-24-61-34)52(85)69-38(18-33-21-58-23-60-33)51(84)70-40(20-42(75)76)49(82)64-29(6)46(79)66-35(14-15-41(57)74)48(81)65-30(7)55(88)89/h9-13,21-31,35-40,43,73H,14-20,56H2,1-8H3,(H2,57,74)(H,58,60)(H,59,61)(H,62,77)(H,63,78)(H,64,82)(H,65,81)(H,66,79)(H,67,80)(H,68,83)(H,69,85)(H,70,84)(H,71,87)(H,72,86)(H,75,76)(H,88,89)/t26-,27-,28-,29-,30-,31+,35-,36-,37-,38-,39-,40-,43-/m0/s1. The first-order valence-electron chi connectivity index (χ1n) is 28.3.